The molecule has 0 saturated heterocycles. The van der Waals surface area contributed by atoms with Crippen LogP contribution in [0.3, 0.4) is 0 Å². The molecule has 4 rings (SSSR count). The molecule has 0 aliphatic carbocycles. The lowest BCUT2D eigenvalue weighted by Gasteiger charge is -2.16. The van der Waals surface area contributed by atoms with Crippen LogP contribution < -0.4 is 15.8 Å². The summed E-state index contributed by atoms with van der Waals surface area (Å²) in [5.41, 5.74) is 3.68. The van der Waals surface area contributed by atoms with Gasteiger partial charge in [0.25, 0.3) is 0 Å². The van der Waals surface area contributed by atoms with E-state index >= 15 is 0 Å². The summed E-state index contributed by atoms with van der Waals surface area (Å²) in [5, 5.41) is 13.4. The van der Waals surface area contributed by atoms with Crippen LogP contribution >= 0.6 is 0 Å². The number of nitrogens with one attached hydrogen (secondary N) is 2. The molecule has 4 aromatic rings. The minimum Gasteiger partial charge on any atom is -0.374 e. The first-order valence-corrected chi connectivity index (χ1v) is 11.5. The lowest BCUT2D eigenvalue weighted by molar-refractivity contribution is -0.116. The summed E-state index contributed by atoms with van der Waals surface area (Å²) in [6, 6.07) is 19.6. The highest BCUT2D eigenvalue weighted by Crippen LogP contribution is 2.31. The predicted octanol–water partition coefficient (Wildman–Crippen LogP) is 3.90. The van der Waals surface area contributed by atoms with Crippen molar-refractivity contribution < 1.29 is 13.2 Å². The number of carbonyl (C=O) groups excluding carboxylic acids is 1. The number of primary sulfonamides is 1. The number of aromatic nitrogens is 1. The summed E-state index contributed by atoms with van der Waals surface area (Å²) in [4.78, 5) is 12.6. The maximum Gasteiger partial charge on any atom is 0.246 e. The van der Waals surface area contributed by atoms with E-state index in [1.165, 1.54) is 35.2 Å². The normalized spacial score (nSPS) is 12.7. The van der Waals surface area contributed by atoms with Crippen molar-refractivity contribution in [3.63, 3.8) is 0 Å². The number of sulfonamides is 1. The third-order valence-electron chi connectivity index (χ3n) is 5.32. The molecule has 0 fully saturated rings. The zero-order valence-electron chi connectivity index (χ0n) is 17.3. The smallest absolute Gasteiger partial charge is 0.246 e. The molecule has 3 aromatic carbocycles. The third-order valence-corrected chi connectivity index (χ3v) is 6.24. The molecule has 1 aromatic heterocycles. The van der Waals surface area contributed by atoms with Gasteiger partial charge in [0.15, 0.2) is 0 Å². The van der Waals surface area contributed by atoms with E-state index in [1.807, 2.05) is 18.2 Å². The number of hydrogen-bond acceptors (Lipinski definition) is 4. The Morgan fingerprint density at radius 3 is 2.29 bits per heavy atom. The quantitative estimate of drug-likeness (QED) is 0.426. The van der Waals surface area contributed by atoms with Gasteiger partial charge < -0.3 is 15.2 Å². The lowest BCUT2D eigenvalue weighted by Crippen LogP contribution is -2.31. The molecule has 1 atom stereocenters. The van der Waals surface area contributed by atoms with Crippen molar-refractivity contribution in [3.05, 3.63) is 66.7 Å². The molecule has 0 radical (unpaired) electrons. The first-order chi connectivity index (χ1) is 14.8. The SMILES string of the molecule is CCn1c2ccccc2c2cc(NC(C)C(=O)Nc3ccc(S(N)(=O)=O)cc3)ccc21. The van der Waals surface area contributed by atoms with Gasteiger partial charge in [0.2, 0.25) is 15.9 Å². The van der Waals surface area contributed by atoms with Crippen LogP contribution in [-0.4, -0.2) is 24.9 Å². The topological polar surface area (TPSA) is 106 Å². The van der Waals surface area contributed by atoms with Crippen LogP contribution in [0.2, 0.25) is 0 Å². The van der Waals surface area contributed by atoms with E-state index in [1.54, 1.807) is 6.92 Å². The molecule has 1 amide bonds. The number of fused-ring (bicyclic) bond motifs is 3. The molecule has 1 unspecified atom stereocenters. The van der Waals surface area contributed by atoms with Gasteiger partial charge in [-0.2, -0.15) is 0 Å². The molecule has 4 N–H and O–H groups in total. The Hall–Kier alpha value is -3.36. The van der Waals surface area contributed by atoms with Gasteiger partial charge >= 0.3 is 0 Å². The molecule has 0 spiro atoms. The summed E-state index contributed by atoms with van der Waals surface area (Å²) in [5.74, 6) is -0.237. The highest BCUT2D eigenvalue weighted by Gasteiger charge is 2.15. The molecule has 0 aliphatic rings. The number of rotatable bonds is 6. The van der Waals surface area contributed by atoms with Crippen molar-refractivity contribution in [2.24, 2.45) is 5.14 Å². The second kappa shape index (κ2) is 8.05. The molecule has 31 heavy (non-hydrogen) atoms. The molecule has 7 nitrogen and oxygen atoms in total. The molecule has 160 valence electrons. The Labute approximate surface area is 180 Å². The number of anilines is 2. The Morgan fingerprint density at radius 1 is 0.968 bits per heavy atom. The Morgan fingerprint density at radius 2 is 1.61 bits per heavy atom. The number of aryl methyl sites for hydroxylation is 1. The van der Waals surface area contributed by atoms with Crippen molar-refractivity contribution in [2.75, 3.05) is 10.6 Å². The number of benzene rings is 3. The van der Waals surface area contributed by atoms with Gasteiger partial charge in [-0.25, -0.2) is 13.6 Å². The van der Waals surface area contributed by atoms with Crippen LogP contribution in [0.5, 0.6) is 0 Å². The summed E-state index contributed by atoms with van der Waals surface area (Å²) in [7, 11) is -3.77. The van der Waals surface area contributed by atoms with Crippen molar-refractivity contribution in [1.82, 2.24) is 4.57 Å². The molecule has 8 heteroatoms. The Kier molecular flexibility index (Phi) is 5.43. The van der Waals surface area contributed by atoms with E-state index in [2.05, 4.69) is 46.4 Å². The molecule has 0 saturated carbocycles. The first kappa shape index (κ1) is 20.9. The lowest BCUT2D eigenvalue weighted by atomic mass is 10.1. The van der Waals surface area contributed by atoms with Crippen molar-refractivity contribution >= 4 is 49.1 Å². The van der Waals surface area contributed by atoms with E-state index in [-0.39, 0.29) is 10.8 Å². The van der Waals surface area contributed by atoms with E-state index in [4.69, 9.17) is 5.14 Å². The molecule has 0 aliphatic heterocycles. The van der Waals surface area contributed by atoms with E-state index in [0.29, 0.717) is 5.69 Å². The monoisotopic (exact) mass is 436 g/mol. The van der Waals surface area contributed by atoms with Crippen molar-refractivity contribution in [3.8, 4) is 0 Å². The fraction of sp³-hybridized carbons (Fsp3) is 0.174. The van der Waals surface area contributed by atoms with Gasteiger partial charge in [-0.3, -0.25) is 4.79 Å². The highest BCUT2D eigenvalue weighted by molar-refractivity contribution is 7.89. The van der Waals surface area contributed by atoms with Crippen molar-refractivity contribution in [1.29, 1.82) is 0 Å². The van der Waals surface area contributed by atoms with Crippen LogP contribution in [0, 0.1) is 0 Å². The fourth-order valence-electron chi connectivity index (χ4n) is 3.78. The molecule has 0 bridgehead atoms. The maximum atomic E-state index is 12.6. The van der Waals surface area contributed by atoms with E-state index < -0.39 is 16.1 Å². The highest BCUT2D eigenvalue weighted by atomic mass is 32.2. The summed E-state index contributed by atoms with van der Waals surface area (Å²) in [6.45, 7) is 4.77. The summed E-state index contributed by atoms with van der Waals surface area (Å²) >= 11 is 0. The van der Waals surface area contributed by atoms with Crippen molar-refractivity contribution in [2.45, 2.75) is 31.3 Å². The van der Waals surface area contributed by atoms with E-state index in [9.17, 15) is 13.2 Å². The summed E-state index contributed by atoms with van der Waals surface area (Å²) < 4.78 is 25.0. The van der Waals surface area contributed by atoms with Gasteiger partial charge in [-0.15, -0.1) is 0 Å². The number of amides is 1. The Bertz CT molecular complexity index is 1380. The van der Waals surface area contributed by atoms with Gasteiger partial charge in [-0.05, 0) is 62.4 Å². The third kappa shape index (κ3) is 4.12. The van der Waals surface area contributed by atoms with Gasteiger partial charge in [-0.1, -0.05) is 18.2 Å². The zero-order valence-corrected chi connectivity index (χ0v) is 18.1. The number of para-hydroxylation sites is 1. The molecular formula is C23H24N4O3S. The van der Waals surface area contributed by atoms with Crippen LogP contribution in [0.1, 0.15) is 13.8 Å². The Balaban J connectivity index is 1.53. The fourth-order valence-corrected chi connectivity index (χ4v) is 4.29. The zero-order chi connectivity index (χ0) is 22.2. The molecular weight excluding hydrogens is 412 g/mol. The standard InChI is InChI=1S/C23H24N4O3S/c1-3-27-21-7-5-4-6-19(21)20-14-17(10-13-22(20)27)25-15(2)23(28)26-16-8-11-18(12-9-16)31(24,29)30/h4-15,25H,3H2,1-2H3,(H,26,28)(H2,24,29,30). The van der Waals surface area contributed by atoms with Crippen LogP contribution in [0.4, 0.5) is 11.4 Å². The van der Waals surface area contributed by atoms with E-state index in [0.717, 1.165) is 23.1 Å². The van der Waals surface area contributed by atoms with Crippen LogP contribution in [-0.2, 0) is 21.4 Å². The second-order valence-corrected chi connectivity index (χ2v) is 8.98. The maximum absolute atomic E-state index is 12.6. The van der Waals surface area contributed by atoms with Gasteiger partial charge in [0.1, 0.15) is 6.04 Å². The first-order valence-electron chi connectivity index (χ1n) is 9.99. The number of hydrogen-bond donors (Lipinski definition) is 3. The number of nitrogens with zero attached hydrogens (tertiary/aromatic N) is 1. The average molecular weight is 437 g/mol. The minimum atomic E-state index is -3.77. The number of nitrogens with two attached hydrogens (primary N) is 1. The minimum absolute atomic E-state index is 0.00350. The largest absolute Gasteiger partial charge is 0.374 e. The number of carbonyl (C=O) groups is 1. The molecule has 1 heterocycles. The predicted molar refractivity (Wildman–Crippen MR) is 125 cm³/mol. The average Bonchev–Trinajstić information content (AvgIpc) is 3.06. The van der Waals surface area contributed by atoms with Gasteiger partial charge in [0.05, 0.1) is 4.90 Å². The van der Waals surface area contributed by atoms with Gasteiger partial charge in [0, 0.05) is 39.7 Å². The van der Waals surface area contributed by atoms with Crippen LogP contribution in [0.25, 0.3) is 21.8 Å². The summed E-state index contributed by atoms with van der Waals surface area (Å²) in [6.07, 6.45) is 0. The second-order valence-electron chi connectivity index (χ2n) is 7.42. The van der Waals surface area contributed by atoms with Crippen LogP contribution in [0.15, 0.2) is 71.6 Å².